The summed E-state index contributed by atoms with van der Waals surface area (Å²) in [5.41, 5.74) is 0.401. The van der Waals surface area contributed by atoms with E-state index in [-0.39, 0.29) is 29.8 Å². The molecule has 2 saturated heterocycles. The van der Waals surface area contributed by atoms with Crippen molar-refractivity contribution >= 4 is 39.3 Å². The predicted octanol–water partition coefficient (Wildman–Crippen LogP) is 4.75. The van der Waals surface area contributed by atoms with E-state index in [9.17, 15) is 14.4 Å². The third-order valence-electron chi connectivity index (χ3n) is 8.63. The zero-order valence-electron chi connectivity index (χ0n) is 21.3. The Hall–Kier alpha value is -2.97. The summed E-state index contributed by atoms with van der Waals surface area (Å²) in [6, 6.07) is 15.9. The van der Waals surface area contributed by atoms with Crippen molar-refractivity contribution in [2.75, 3.05) is 5.32 Å². The lowest BCUT2D eigenvalue weighted by atomic mass is 9.74. The first kappa shape index (κ1) is 25.3. The lowest BCUT2D eigenvalue weighted by molar-refractivity contribution is -0.143. The van der Waals surface area contributed by atoms with Crippen molar-refractivity contribution in [3.8, 4) is 0 Å². The summed E-state index contributed by atoms with van der Waals surface area (Å²) in [6.45, 7) is 1.94. The maximum Gasteiger partial charge on any atom is 0.246 e. The number of likely N-dealkylation sites (tertiary alicyclic amines) is 1. The zero-order valence-corrected chi connectivity index (χ0v) is 22.9. The highest BCUT2D eigenvalue weighted by Crippen LogP contribution is 2.56. The Balaban J connectivity index is 1.35. The lowest BCUT2D eigenvalue weighted by Gasteiger charge is -2.37. The first-order valence-electron chi connectivity index (χ1n) is 13.5. The lowest BCUT2D eigenvalue weighted by Crippen LogP contribution is -2.56. The Kier molecular flexibility index (Phi) is 6.64. The summed E-state index contributed by atoms with van der Waals surface area (Å²) in [5.74, 6) is -2.19. The minimum absolute atomic E-state index is 0.0924. The van der Waals surface area contributed by atoms with Crippen LogP contribution in [0.1, 0.15) is 50.6 Å². The molecule has 2 bridgehead atoms. The van der Waals surface area contributed by atoms with Crippen LogP contribution < -0.4 is 10.6 Å². The third-order valence-corrected chi connectivity index (χ3v) is 9.15. The number of ether oxygens (including phenoxy) is 1. The van der Waals surface area contributed by atoms with Crippen LogP contribution in [0.4, 0.5) is 5.69 Å². The fourth-order valence-electron chi connectivity index (χ4n) is 6.80. The van der Waals surface area contributed by atoms with Gasteiger partial charge in [-0.25, -0.2) is 0 Å². The van der Waals surface area contributed by atoms with Gasteiger partial charge in [0.05, 0.1) is 24.0 Å². The smallest absolute Gasteiger partial charge is 0.246 e. The standard InChI is InChI=1S/C30H32BrN3O4/c1-18(19-8-4-2-5-9-19)34-26(28(36)33-21-10-6-3-7-11-21)30-17-16-23(38-30)24(25(30)29(34)37)27(35)32-22-14-12-20(31)13-15-22/h2,4-5,8-9,12-18,21,23-26H,3,6-7,10-11H2,1H3,(H,32,35)(H,33,36)/t18-,23-,24+,25-,26-,30+/m1/s1. The van der Waals surface area contributed by atoms with Crippen LogP contribution >= 0.6 is 15.9 Å². The molecule has 2 aromatic carbocycles. The topological polar surface area (TPSA) is 87.7 Å². The van der Waals surface area contributed by atoms with Gasteiger partial charge in [-0.3, -0.25) is 14.4 Å². The molecule has 0 unspecified atom stereocenters. The highest BCUT2D eigenvalue weighted by Gasteiger charge is 2.73. The minimum atomic E-state index is -1.18. The van der Waals surface area contributed by atoms with Gasteiger partial charge in [0.2, 0.25) is 17.7 Å². The molecule has 2 N–H and O–H groups in total. The molecule has 3 aliphatic heterocycles. The van der Waals surface area contributed by atoms with E-state index in [1.807, 2.05) is 73.7 Å². The normalized spacial score (nSPS) is 30.8. The van der Waals surface area contributed by atoms with Crippen molar-refractivity contribution in [2.45, 2.75) is 68.9 Å². The van der Waals surface area contributed by atoms with E-state index in [0.717, 1.165) is 35.7 Å². The average Bonchev–Trinajstić information content (AvgIpc) is 3.58. The summed E-state index contributed by atoms with van der Waals surface area (Å²) in [7, 11) is 0. The molecule has 7 nitrogen and oxygen atoms in total. The van der Waals surface area contributed by atoms with Gasteiger partial charge in [-0.15, -0.1) is 0 Å². The van der Waals surface area contributed by atoms with Gasteiger partial charge in [-0.1, -0.05) is 77.7 Å². The molecular formula is C30H32BrN3O4. The number of fused-ring (bicyclic) bond motifs is 1. The van der Waals surface area contributed by atoms with Gasteiger partial charge in [-0.05, 0) is 49.6 Å². The first-order chi connectivity index (χ1) is 18.4. The molecule has 0 radical (unpaired) electrons. The van der Waals surface area contributed by atoms with E-state index < -0.39 is 29.6 Å². The maximum absolute atomic E-state index is 14.3. The Morgan fingerprint density at radius 1 is 1.03 bits per heavy atom. The fraction of sp³-hybridized carbons (Fsp3) is 0.433. The quantitative estimate of drug-likeness (QED) is 0.485. The van der Waals surface area contributed by atoms with E-state index in [1.165, 1.54) is 6.42 Å². The third kappa shape index (κ3) is 4.18. The van der Waals surface area contributed by atoms with Crippen LogP contribution in [0, 0.1) is 11.8 Å². The second-order valence-corrected chi connectivity index (χ2v) is 11.8. The second kappa shape index (κ2) is 9.97. The number of nitrogens with one attached hydrogen (secondary N) is 2. The van der Waals surface area contributed by atoms with Gasteiger partial charge in [0, 0.05) is 16.2 Å². The first-order valence-corrected chi connectivity index (χ1v) is 14.3. The van der Waals surface area contributed by atoms with E-state index in [1.54, 1.807) is 4.90 Å². The molecule has 38 heavy (non-hydrogen) atoms. The molecule has 2 aromatic rings. The SMILES string of the molecule is C[C@H](c1ccccc1)N1C(=O)[C@H]2[C@@H](C(=O)Nc3ccc(Br)cc3)[C@H]3C=C[C@@]2(O3)[C@H]1C(=O)NC1CCCCC1. The van der Waals surface area contributed by atoms with Gasteiger partial charge < -0.3 is 20.3 Å². The van der Waals surface area contributed by atoms with Crippen LogP contribution in [-0.2, 0) is 19.1 Å². The Labute approximate surface area is 231 Å². The summed E-state index contributed by atoms with van der Waals surface area (Å²) < 4.78 is 7.39. The molecule has 4 aliphatic rings. The molecule has 198 valence electrons. The molecule has 6 atom stereocenters. The molecule has 1 spiro atoms. The van der Waals surface area contributed by atoms with Crippen LogP contribution in [0.15, 0.2) is 71.2 Å². The molecule has 6 rings (SSSR count). The number of carbonyl (C=O) groups is 3. The molecule has 1 aliphatic carbocycles. The molecule has 0 aromatic heterocycles. The summed E-state index contributed by atoms with van der Waals surface area (Å²) in [6.07, 6.45) is 8.40. The second-order valence-electron chi connectivity index (χ2n) is 10.9. The van der Waals surface area contributed by atoms with Crippen LogP contribution in [0.2, 0.25) is 0 Å². The monoisotopic (exact) mass is 577 g/mol. The molecule has 3 amide bonds. The Morgan fingerprint density at radius 3 is 2.45 bits per heavy atom. The average molecular weight is 579 g/mol. The summed E-state index contributed by atoms with van der Waals surface area (Å²) >= 11 is 3.41. The van der Waals surface area contributed by atoms with Crippen molar-refractivity contribution < 1.29 is 19.1 Å². The van der Waals surface area contributed by atoms with E-state index in [4.69, 9.17) is 4.74 Å². The van der Waals surface area contributed by atoms with Gasteiger partial charge in [0.1, 0.15) is 11.6 Å². The number of rotatable bonds is 6. The highest BCUT2D eigenvalue weighted by atomic mass is 79.9. The molecule has 8 heteroatoms. The number of halogens is 1. The van der Waals surface area contributed by atoms with Crippen LogP contribution in [0.25, 0.3) is 0 Å². The highest BCUT2D eigenvalue weighted by molar-refractivity contribution is 9.10. The van der Waals surface area contributed by atoms with Gasteiger partial charge in [0.25, 0.3) is 0 Å². The van der Waals surface area contributed by atoms with E-state index in [0.29, 0.717) is 5.69 Å². The number of hydrogen-bond acceptors (Lipinski definition) is 4. The van der Waals surface area contributed by atoms with Crippen LogP contribution in [0.5, 0.6) is 0 Å². The molecule has 1 saturated carbocycles. The van der Waals surface area contributed by atoms with Crippen LogP contribution in [-0.4, -0.2) is 46.4 Å². The molecule has 3 heterocycles. The van der Waals surface area contributed by atoms with E-state index >= 15 is 0 Å². The maximum atomic E-state index is 14.3. The number of hydrogen-bond donors (Lipinski definition) is 2. The molecular weight excluding hydrogens is 546 g/mol. The number of carbonyl (C=O) groups excluding carboxylic acids is 3. The van der Waals surface area contributed by atoms with Crippen molar-refractivity contribution in [1.29, 1.82) is 0 Å². The van der Waals surface area contributed by atoms with Gasteiger partial charge in [-0.2, -0.15) is 0 Å². The zero-order chi connectivity index (χ0) is 26.4. The van der Waals surface area contributed by atoms with E-state index in [2.05, 4.69) is 26.6 Å². The molecule has 3 fully saturated rings. The predicted molar refractivity (Wildman–Crippen MR) is 147 cm³/mol. The van der Waals surface area contributed by atoms with Crippen molar-refractivity contribution in [3.05, 3.63) is 76.8 Å². The number of amides is 3. The fourth-order valence-corrected chi connectivity index (χ4v) is 7.07. The minimum Gasteiger partial charge on any atom is -0.359 e. The van der Waals surface area contributed by atoms with Gasteiger partial charge in [0.15, 0.2) is 0 Å². The summed E-state index contributed by atoms with van der Waals surface area (Å²) in [5, 5.41) is 6.21. The number of anilines is 1. The summed E-state index contributed by atoms with van der Waals surface area (Å²) in [4.78, 5) is 43.5. The van der Waals surface area contributed by atoms with Gasteiger partial charge >= 0.3 is 0 Å². The largest absolute Gasteiger partial charge is 0.359 e. The Morgan fingerprint density at radius 2 is 1.74 bits per heavy atom. The van der Waals surface area contributed by atoms with Crippen LogP contribution in [0.3, 0.4) is 0 Å². The van der Waals surface area contributed by atoms with Crippen molar-refractivity contribution in [2.24, 2.45) is 11.8 Å². The van der Waals surface area contributed by atoms with Crippen molar-refractivity contribution in [1.82, 2.24) is 10.2 Å². The van der Waals surface area contributed by atoms with Crippen molar-refractivity contribution in [3.63, 3.8) is 0 Å². The number of nitrogens with zero attached hydrogens (tertiary/aromatic N) is 1. The number of benzene rings is 2. The Bertz CT molecular complexity index is 1260.